The first-order valence-corrected chi connectivity index (χ1v) is 5.33. The van der Waals surface area contributed by atoms with Crippen molar-refractivity contribution >= 4 is 5.91 Å². The Morgan fingerprint density at radius 1 is 1.38 bits per heavy atom. The summed E-state index contributed by atoms with van der Waals surface area (Å²) in [6, 6.07) is 5.78. The van der Waals surface area contributed by atoms with Gasteiger partial charge in [0.2, 0.25) is 5.91 Å². The molecule has 0 saturated carbocycles. The molecule has 4 heteroatoms. The van der Waals surface area contributed by atoms with Gasteiger partial charge in [-0.05, 0) is 30.5 Å². The fourth-order valence-corrected chi connectivity index (χ4v) is 1.50. The minimum Gasteiger partial charge on any atom is -0.324 e. The van der Waals surface area contributed by atoms with E-state index >= 15 is 0 Å². The predicted octanol–water partition coefficient (Wildman–Crippen LogP) is 0.944. The van der Waals surface area contributed by atoms with E-state index in [0.29, 0.717) is 0 Å². The van der Waals surface area contributed by atoms with Crippen molar-refractivity contribution in [2.24, 2.45) is 5.73 Å². The minimum absolute atomic E-state index is 0.103. The fourth-order valence-electron chi connectivity index (χ4n) is 1.50. The Morgan fingerprint density at radius 3 is 2.62 bits per heavy atom. The lowest BCUT2D eigenvalue weighted by molar-refractivity contribution is -0.122. The molecule has 0 spiro atoms. The maximum atomic E-state index is 11.3. The number of hydrazine groups is 1. The van der Waals surface area contributed by atoms with Gasteiger partial charge in [0.25, 0.3) is 0 Å². The van der Waals surface area contributed by atoms with Gasteiger partial charge in [-0.25, -0.2) is 5.43 Å². The van der Waals surface area contributed by atoms with Crippen LogP contribution in [0, 0.1) is 13.8 Å². The lowest BCUT2D eigenvalue weighted by Gasteiger charge is -2.13. The molecule has 0 aromatic heterocycles. The Hall–Kier alpha value is -1.39. The molecule has 0 aliphatic rings. The standard InChI is InChI=1S/C12H19N3O/c1-8-4-5-10(6-9(8)2)11(13)7-12(16)15-14-3/h4-6,11,14H,7,13H2,1-3H3,(H,15,16). The lowest BCUT2D eigenvalue weighted by atomic mass is 9.99. The van der Waals surface area contributed by atoms with E-state index in [1.54, 1.807) is 7.05 Å². The number of rotatable bonds is 4. The summed E-state index contributed by atoms with van der Waals surface area (Å²) in [6.45, 7) is 4.09. The molecule has 4 nitrogen and oxygen atoms in total. The highest BCUT2D eigenvalue weighted by Gasteiger charge is 2.11. The minimum atomic E-state index is -0.257. The molecule has 0 bridgehead atoms. The second kappa shape index (κ2) is 5.63. The van der Waals surface area contributed by atoms with Crippen molar-refractivity contribution in [1.29, 1.82) is 0 Å². The Labute approximate surface area is 96.2 Å². The highest BCUT2D eigenvalue weighted by atomic mass is 16.2. The van der Waals surface area contributed by atoms with Gasteiger partial charge in [0.15, 0.2) is 0 Å². The molecule has 0 fully saturated rings. The highest BCUT2D eigenvalue weighted by Crippen LogP contribution is 2.17. The molecule has 16 heavy (non-hydrogen) atoms. The second-order valence-corrected chi connectivity index (χ2v) is 3.95. The average Bonchev–Trinajstić information content (AvgIpc) is 2.22. The van der Waals surface area contributed by atoms with Gasteiger partial charge in [-0.15, -0.1) is 0 Å². The molecule has 1 amide bonds. The fraction of sp³-hybridized carbons (Fsp3) is 0.417. The third-order valence-electron chi connectivity index (χ3n) is 2.63. The average molecular weight is 221 g/mol. The maximum absolute atomic E-state index is 11.3. The van der Waals surface area contributed by atoms with E-state index in [4.69, 9.17) is 5.73 Å². The molecular weight excluding hydrogens is 202 g/mol. The summed E-state index contributed by atoms with van der Waals surface area (Å²) < 4.78 is 0. The number of amides is 1. The zero-order valence-electron chi connectivity index (χ0n) is 10.0. The van der Waals surface area contributed by atoms with Crippen molar-refractivity contribution < 1.29 is 4.79 Å². The summed E-state index contributed by atoms with van der Waals surface area (Å²) in [4.78, 5) is 11.3. The third-order valence-corrected chi connectivity index (χ3v) is 2.63. The molecule has 4 N–H and O–H groups in total. The molecule has 1 atom stereocenters. The molecule has 0 aliphatic heterocycles. The molecule has 88 valence electrons. The summed E-state index contributed by atoms with van der Waals surface area (Å²) >= 11 is 0. The molecule has 1 rings (SSSR count). The SMILES string of the molecule is CNNC(=O)CC(N)c1ccc(C)c(C)c1. The summed E-state index contributed by atoms with van der Waals surface area (Å²) in [5, 5.41) is 0. The number of aryl methyl sites for hydroxylation is 2. The number of benzene rings is 1. The van der Waals surface area contributed by atoms with E-state index in [1.165, 1.54) is 11.1 Å². The number of nitrogens with two attached hydrogens (primary N) is 1. The highest BCUT2D eigenvalue weighted by molar-refractivity contribution is 5.76. The molecule has 0 radical (unpaired) electrons. The van der Waals surface area contributed by atoms with Crippen LogP contribution in [0.3, 0.4) is 0 Å². The maximum Gasteiger partial charge on any atom is 0.235 e. The van der Waals surface area contributed by atoms with Crippen LogP contribution in [0.4, 0.5) is 0 Å². The number of carbonyl (C=O) groups is 1. The van der Waals surface area contributed by atoms with Crippen LogP contribution < -0.4 is 16.6 Å². The third kappa shape index (κ3) is 3.32. The van der Waals surface area contributed by atoms with E-state index in [1.807, 2.05) is 25.1 Å². The van der Waals surface area contributed by atoms with Crippen molar-refractivity contribution in [1.82, 2.24) is 10.9 Å². The molecule has 0 aliphatic carbocycles. The zero-order chi connectivity index (χ0) is 12.1. The first kappa shape index (κ1) is 12.7. The summed E-state index contributed by atoms with van der Waals surface area (Å²) in [7, 11) is 1.65. The first-order valence-electron chi connectivity index (χ1n) is 5.33. The summed E-state index contributed by atoms with van der Waals surface area (Å²) in [5.41, 5.74) is 14.5. The van der Waals surface area contributed by atoms with Gasteiger partial charge in [-0.1, -0.05) is 18.2 Å². The van der Waals surface area contributed by atoms with Gasteiger partial charge in [0.05, 0.1) is 0 Å². The summed E-state index contributed by atoms with van der Waals surface area (Å²) in [5.74, 6) is -0.103. The molecule has 0 saturated heterocycles. The van der Waals surface area contributed by atoms with Crippen molar-refractivity contribution in [2.45, 2.75) is 26.3 Å². The first-order chi connectivity index (χ1) is 7.54. The molecular formula is C12H19N3O. The van der Waals surface area contributed by atoms with Gasteiger partial charge in [-0.2, -0.15) is 0 Å². The van der Waals surface area contributed by atoms with Crippen LogP contribution in [-0.2, 0) is 4.79 Å². The van der Waals surface area contributed by atoms with Crippen molar-refractivity contribution in [2.75, 3.05) is 7.05 Å². The monoisotopic (exact) mass is 221 g/mol. The number of hydrogen-bond acceptors (Lipinski definition) is 3. The van der Waals surface area contributed by atoms with Gasteiger partial charge < -0.3 is 5.73 Å². The van der Waals surface area contributed by atoms with E-state index in [0.717, 1.165) is 5.56 Å². The predicted molar refractivity (Wildman–Crippen MR) is 64.7 cm³/mol. The van der Waals surface area contributed by atoms with Gasteiger partial charge in [-0.3, -0.25) is 10.2 Å². The second-order valence-electron chi connectivity index (χ2n) is 3.95. The van der Waals surface area contributed by atoms with Crippen LogP contribution in [0.2, 0.25) is 0 Å². The summed E-state index contributed by atoms with van der Waals surface area (Å²) in [6.07, 6.45) is 0.281. The quantitative estimate of drug-likeness (QED) is 0.663. The van der Waals surface area contributed by atoms with Crippen molar-refractivity contribution in [3.05, 3.63) is 34.9 Å². The van der Waals surface area contributed by atoms with Crippen LogP contribution in [0.15, 0.2) is 18.2 Å². The van der Waals surface area contributed by atoms with Crippen LogP contribution in [0.25, 0.3) is 0 Å². The van der Waals surface area contributed by atoms with Gasteiger partial charge in [0, 0.05) is 19.5 Å². The molecule has 0 heterocycles. The number of nitrogens with one attached hydrogen (secondary N) is 2. The van der Waals surface area contributed by atoms with E-state index < -0.39 is 0 Å². The van der Waals surface area contributed by atoms with Crippen LogP contribution >= 0.6 is 0 Å². The Morgan fingerprint density at radius 2 is 2.06 bits per heavy atom. The van der Waals surface area contributed by atoms with Crippen molar-refractivity contribution in [3.8, 4) is 0 Å². The van der Waals surface area contributed by atoms with Crippen molar-refractivity contribution in [3.63, 3.8) is 0 Å². The van der Waals surface area contributed by atoms with Crippen LogP contribution in [-0.4, -0.2) is 13.0 Å². The molecule has 1 unspecified atom stereocenters. The zero-order valence-corrected chi connectivity index (χ0v) is 10.0. The Bertz CT molecular complexity index is 377. The van der Waals surface area contributed by atoms with E-state index in [2.05, 4.69) is 17.8 Å². The largest absolute Gasteiger partial charge is 0.324 e. The number of hydrogen-bond donors (Lipinski definition) is 3. The van der Waals surface area contributed by atoms with E-state index in [-0.39, 0.29) is 18.4 Å². The van der Waals surface area contributed by atoms with Crippen LogP contribution in [0.1, 0.15) is 29.2 Å². The lowest BCUT2D eigenvalue weighted by Crippen LogP contribution is -2.36. The topological polar surface area (TPSA) is 67.1 Å². The Kier molecular flexibility index (Phi) is 4.46. The number of carbonyl (C=O) groups excluding carboxylic acids is 1. The molecule has 1 aromatic rings. The Balaban J connectivity index is 2.69. The normalized spacial score (nSPS) is 12.2. The smallest absolute Gasteiger partial charge is 0.235 e. The molecule has 1 aromatic carbocycles. The van der Waals surface area contributed by atoms with Gasteiger partial charge in [0.1, 0.15) is 0 Å². The van der Waals surface area contributed by atoms with E-state index in [9.17, 15) is 4.79 Å². The van der Waals surface area contributed by atoms with Gasteiger partial charge >= 0.3 is 0 Å². The van der Waals surface area contributed by atoms with Crippen LogP contribution in [0.5, 0.6) is 0 Å².